The summed E-state index contributed by atoms with van der Waals surface area (Å²) in [5, 5.41) is 0. The molecule has 3 nitrogen and oxygen atoms in total. The van der Waals surface area contributed by atoms with E-state index in [2.05, 4.69) is 41.6 Å². The quantitative estimate of drug-likeness (QED) is 0.740. The molecule has 106 valence electrons. The maximum absolute atomic E-state index is 5.87. The Morgan fingerprint density at radius 2 is 1.95 bits per heavy atom. The molecule has 2 aromatic carbocycles. The number of aromatic nitrogens is 2. The molecule has 0 bridgehead atoms. The van der Waals surface area contributed by atoms with Crippen molar-refractivity contribution in [2.75, 3.05) is 5.73 Å². The van der Waals surface area contributed by atoms with Crippen molar-refractivity contribution in [3.63, 3.8) is 0 Å². The molecule has 0 radical (unpaired) electrons. The molecule has 0 aliphatic heterocycles. The van der Waals surface area contributed by atoms with Gasteiger partial charge in [-0.25, -0.2) is 4.98 Å². The van der Waals surface area contributed by atoms with Gasteiger partial charge >= 0.3 is 0 Å². The number of benzene rings is 2. The first kappa shape index (κ1) is 13.4. The second-order valence-electron chi connectivity index (χ2n) is 5.43. The van der Waals surface area contributed by atoms with Gasteiger partial charge in [-0.05, 0) is 37.1 Å². The second kappa shape index (κ2) is 5.44. The summed E-state index contributed by atoms with van der Waals surface area (Å²) in [5.41, 5.74) is 11.6. The molecule has 0 fully saturated rings. The first-order valence-corrected chi connectivity index (χ1v) is 7.06. The molecule has 1 heterocycles. The molecule has 0 saturated carbocycles. The zero-order chi connectivity index (χ0) is 14.8. The van der Waals surface area contributed by atoms with Crippen LogP contribution in [0.15, 0.2) is 54.9 Å². The summed E-state index contributed by atoms with van der Waals surface area (Å²) in [5.74, 6) is 0.947. The summed E-state index contributed by atoms with van der Waals surface area (Å²) in [6.07, 6.45) is 3.85. The number of anilines is 1. The number of hydrogen-bond donors (Lipinski definition) is 1. The van der Waals surface area contributed by atoms with Gasteiger partial charge in [0.25, 0.3) is 0 Å². The zero-order valence-corrected chi connectivity index (χ0v) is 12.4. The summed E-state index contributed by atoms with van der Waals surface area (Å²) >= 11 is 0. The van der Waals surface area contributed by atoms with Gasteiger partial charge in [-0.1, -0.05) is 35.9 Å². The summed E-state index contributed by atoms with van der Waals surface area (Å²) < 4.78 is 2.16. The number of aryl methyl sites for hydroxylation is 2. The molecular formula is C18H19N3. The summed E-state index contributed by atoms with van der Waals surface area (Å²) in [6.45, 7) is 5.08. The Kier molecular flexibility index (Phi) is 3.48. The fourth-order valence-corrected chi connectivity index (χ4v) is 2.53. The Bertz CT molecular complexity index is 772. The molecule has 0 aliphatic rings. The van der Waals surface area contributed by atoms with E-state index >= 15 is 0 Å². The van der Waals surface area contributed by atoms with E-state index in [1.807, 2.05) is 36.7 Å². The highest BCUT2D eigenvalue weighted by atomic mass is 15.1. The van der Waals surface area contributed by atoms with Crippen LogP contribution in [0.1, 0.15) is 16.7 Å². The van der Waals surface area contributed by atoms with Gasteiger partial charge in [-0.15, -0.1) is 0 Å². The van der Waals surface area contributed by atoms with Gasteiger partial charge < -0.3 is 10.3 Å². The molecule has 1 aromatic heterocycles. The van der Waals surface area contributed by atoms with Crippen LogP contribution in [0.25, 0.3) is 11.4 Å². The third-order valence-electron chi connectivity index (χ3n) is 3.71. The van der Waals surface area contributed by atoms with Gasteiger partial charge in [0.2, 0.25) is 0 Å². The Morgan fingerprint density at radius 1 is 1.10 bits per heavy atom. The van der Waals surface area contributed by atoms with Crippen molar-refractivity contribution < 1.29 is 0 Å². The second-order valence-corrected chi connectivity index (χ2v) is 5.43. The summed E-state index contributed by atoms with van der Waals surface area (Å²) in [4.78, 5) is 4.48. The van der Waals surface area contributed by atoms with Gasteiger partial charge in [0.1, 0.15) is 5.82 Å². The van der Waals surface area contributed by atoms with Crippen LogP contribution in [-0.2, 0) is 6.54 Å². The zero-order valence-electron chi connectivity index (χ0n) is 12.4. The third-order valence-corrected chi connectivity index (χ3v) is 3.71. The van der Waals surface area contributed by atoms with Gasteiger partial charge in [0, 0.05) is 30.2 Å². The smallest absolute Gasteiger partial charge is 0.140 e. The van der Waals surface area contributed by atoms with Crippen LogP contribution in [0.4, 0.5) is 5.69 Å². The Labute approximate surface area is 125 Å². The first-order chi connectivity index (χ1) is 10.1. The lowest BCUT2D eigenvalue weighted by molar-refractivity contribution is 0.801. The molecule has 0 atom stereocenters. The number of nitrogen functional groups attached to an aromatic ring is 1. The Balaban J connectivity index is 1.98. The monoisotopic (exact) mass is 277 g/mol. The average molecular weight is 277 g/mol. The number of imidazole rings is 1. The predicted octanol–water partition coefficient (Wildman–Crippen LogP) is 3.80. The molecule has 2 N–H and O–H groups in total. The van der Waals surface area contributed by atoms with Gasteiger partial charge in [-0.3, -0.25) is 0 Å². The normalized spacial score (nSPS) is 10.8. The lowest BCUT2D eigenvalue weighted by Crippen LogP contribution is -2.03. The maximum Gasteiger partial charge on any atom is 0.140 e. The van der Waals surface area contributed by atoms with E-state index < -0.39 is 0 Å². The van der Waals surface area contributed by atoms with Crippen molar-refractivity contribution in [2.24, 2.45) is 0 Å². The summed E-state index contributed by atoms with van der Waals surface area (Å²) in [6, 6.07) is 14.4. The van der Waals surface area contributed by atoms with Crippen molar-refractivity contribution in [3.8, 4) is 11.4 Å². The third kappa shape index (κ3) is 2.82. The van der Waals surface area contributed by atoms with Crippen molar-refractivity contribution in [2.45, 2.75) is 20.4 Å². The Hall–Kier alpha value is -2.55. The molecule has 0 saturated heterocycles. The van der Waals surface area contributed by atoms with Crippen molar-refractivity contribution >= 4 is 5.69 Å². The van der Waals surface area contributed by atoms with E-state index in [4.69, 9.17) is 5.73 Å². The fourth-order valence-electron chi connectivity index (χ4n) is 2.53. The van der Waals surface area contributed by atoms with Crippen LogP contribution < -0.4 is 5.73 Å². The van der Waals surface area contributed by atoms with E-state index in [0.29, 0.717) is 0 Å². The van der Waals surface area contributed by atoms with Gasteiger partial charge in [0.15, 0.2) is 0 Å². The molecule has 0 aliphatic carbocycles. The molecule has 0 spiro atoms. The molecule has 0 amide bonds. The highest BCUT2D eigenvalue weighted by Crippen LogP contribution is 2.21. The number of nitrogens with two attached hydrogens (primary N) is 1. The van der Waals surface area contributed by atoms with E-state index in [-0.39, 0.29) is 0 Å². The van der Waals surface area contributed by atoms with Gasteiger partial charge in [-0.2, -0.15) is 0 Å². The first-order valence-electron chi connectivity index (χ1n) is 7.06. The van der Waals surface area contributed by atoms with Crippen molar-refractivity contribution in [1.29, 1.82) is 0 Å². The van der Waals surface area contributed by atoms with Crippen LogP contribution >= 0.6 is 0 Å². The largest absolute Gasteiger partial charge is 0.399 e. The van der Waals surface area contributed by atoms with Crippen LogP contribution in [0, 0.1) is 13.8 Å². The van der Waals surface area contributed by atoms with Crippen LogP contribution in [0.5, 0.6) is 0 Å². The molecule has 0 unspecified atom stereocenters. The number of hydrogen-bond acceptors (Lipinski definition) is 2. The minimum Gasteiger partial charge on any atom is -0.399 e. The molecular weight excluding hydrogens is 258 g/mol. The molecule has 3 heteroatoms. The highest BCUT2D eigenvalue weighted by molar-refractivity contribution is 5.61. The molecule has 21 heavy (non-hydrogen) atoms. The average Bonchev–Trinajstić information content (AvgIpc) is 2.91. The maximum atomic E-state index is 5.87. The lowest BCUT2D eigenvalue weighted by atomic mass is 10.1. The molecule has 3 aromatic rings. The van der Waals surface area contributed by atoms with Crippen molar-refractivity contribution in [3.05, 3.63) is 71.5 Å². The molecule has 3 rings (SSSR count). The Morgan fingerprint density at radius 3 is 2.76 bits per heavy atom. The minimum atomic E-state index is 0.758. The predicted molar refractivity (Wildman–Crippen MR) is 87.1 cm³/mol. The standard InChI is InChI=1S/C18H19N3/c1-13-6-7-14(2)16(10-13)12-21-9-8-20-18(21)15-4-3-5-17(19)11-15/h3-11H,12,19H2,1-2H3. The van der Waals surface area contributed by atoms with E-state index in [0.717, 1.165) is 23.6 Å². The minimum absolute atomic E-state index is 0.758. The topological polar surface area (TPSA) is 43.8 Å². The summed E-state index contributed by atoms with van der Waals surface area (Å²) in [7, 11) is 0. The van der Waals surface area contributed by atoms with E-state index in [9.17, 15) is 0 Å². The fraction of sp³-hybridized carbons (Fsp3) is 0.167. The van der Waals surface area contributed by atoms with E-state index in [1.165, 1.54) is 16.7 Å². The number of nitrogens with zero attached hydrogens (tertiary/aromatic N) is 2. The van der Waals surface area contributed by atoms with Crippen molar-refractivity contribution in [1.82, 2.24) is 9.55 Å². The lowest BCUT2D eigenvalue weighted by Gasteiger charge is -2.11. The SMILES string of the molecule is Cc1ccc(C)c(Cn2ccnc2-c2cccc(N)c2)c1. The number of rotatable bonds is 3. The van der Waals surface area contributed by atoms with Gasteiger partial charge in [0.05, 0.1) is 0 Å². The van der Waals surface area contributed by atoms with Crippen LogP contribution in [0.2, 0.25) is 0 Å². The van der Waals surface area contributed by atoms with E-state index in [1.54, 1.807) is 0 Å². The van der Waals surface area contributed by atoms with Crippen LogP contribution in [0.3, 0.4) is 0 Å². The highest BCUT2D eigenvalue weighted by Gasteiger charge is 2.08. The van der Waals surface area contributed by atoms with Crippen LogP contribution in [-0.4, -0.2) is 9.55 Å².